The highest BCUT2D eigenvalue weighted by Crippen LogP contribution is 2.19. The number of nitrogen functional groups attached to an aromatic ring is 1. The number of fused-ring (bicyclic) bond motifs is 3. The van der Waals surface area contributed by atoms with E-state index in [1.54, 1.807) is 12.3 Å². The van der Waals surface area contributed by atoms with Crippen molar-refractivity contribution < 1.29 is 4.39 Å². The second kappa shape index (κ2) is 2.59. The van der Waals surface area contributed by atoms with E-state index in [1.807, 2.05) is 0 Å². The number of rotatable bonds is 0. The zero-order valence-electron chi connectivity index (χ0n) is 7.42. The quantitative estimate of drug-likeness (QED) is 0.573. The fraction of sp³-hybridized carbons (Fsp3) is 0. The first kappa shape index (κ1) is 8.04. The Bertz CT molecular complexity index is 661. The van der Waals surface area contributed by atoms with Crippen LogP contribution in [-0.4, -0.2) is 24.6 Å². The average Bonchev–Trinajstić information content (AvgIpc) is 2.61. The van der Waals surface area contributed by atoms with Gasteiger partial charge in [0, 0.05) is 11.6 Å². The molecule has 7 heteroatoms. The van der Waals surface area contributed by atoms with Gasteiger partial charge in [-0.15, -0.1) is 5.10 Å². The summed E-state index contributed by atoms with van der Waals surface area (Å²) in [5, 5.41) is 7.46. The molecule has 0 bridgehead atoms. The summed E-state index contributed by atoms with van der Waals surface area (Å²) in [6.45, 7) is 0. The summed E-state index contributed by atoms with van der Waals surface area (Å²) in [6, 6.07) is 1.66. The van der Waals surface area contributed by atoms with Gasteiger partial charge in [0.05, 0.1) is 11.7 Å². The van der Waals surface area contributed by atoms with E-state index >= 15 is 0 Å². The first-order valence-corrected chi connectivity index (χ1v) is 4.17. The van der Waals surface area contributed by atoms with Gasteiger partial charge in [0.1, 0.15) is 5.82 Å². The molecule has 0 aliphatic heterocycles. The minimum Gasteiger partial charge on any atom is -0.383 e. The summed E-state index contributed by atoms with van der Waals surface area (Å²) in [5.74, 6) is 0.415. The van der Waals surface area contributed by atoms with Gasteiger partial charge >= 0.3 is 6.08 Å². The van der Waals surface area contributed by atoms with Crippen molar-refractivity contribution in [2.45, 2.75) is 0 Å². The molecule has 3 heterocycles. The van der Waals surface area contributed by atoms with Crippen LogP contribution in [0.3, 0.4) is 0 Å². The minimum absolute atomic E-state index is 0.130. The molecule has 0 unspecified atom stereocenters. The lowest BCUT2D eigenvalue weighted by atomic mass is 10.3. The highest BCUT2D eigenvalue weighted by Gasteiger charge is 2.11. The van der Waals surface area contributed by atoms with E-state index in [0.29, 0.717) is 10.9 Å². The van der Waals surface area contributed by atoms with Crippen LogP contribution < -0.4 is 5.73 Å². The molecule has 0 radical (unpaired) electrons. The van der Waals surface area contributed by atoms with Crippen LogP contribution in [-0.2, 0) is 0 Å². The SMILES string of the molecule is Nc1nc2nnc(F)n2c2cnccc12. The van der Waals surface area contributed by atoms with Gasteiger partial charge < -0.3 is 5.73 Å². The molecule has 0 amide bonds. The van der Waals surface area contributed by atoms with Gasteiger partial charge in [0.2, 0.25) is 0 Å². The number of nitrogens with two attached hydrogens (primary N) is 1. The zero-order chi connectivity index (χ0) is 10.4. The summed E-state index contributed by atoms with van der Waals surface area (Å²) in [7, 11) is 0. The molecule has 3 rings (SSSR count). The number of aromatic nitrogens is 5. The van der Waals surface area contributed by atoms with E-state index in [2.05, 4.69) is 20.2 Å². The molecule has 3 aromatic heterocycles. The molecule has 6 nitrogen and oxygen atoms in total. The molecular weight excluding hydrogens is 199 g/mol. The zero-order valence-corrected chi connectivity index (χ0v) is 7.42. The van der Waals surface area contributed by atoms with Crippen molar-refractivity contribution in [2.24, 2.45) is 0 Å². The van der Waals surface area contributed by atoms with Crippen molar-refractivity contribution in [3.05, 3.63) is 24.5 Å². The summed E-state index contributed by atoms with van der Waals surface area (Å²) in [6.07, 6.45) is 2.33. The van der Waals surface area contributed by atoms with Crippen molar-refractivity contribution in [2.75, 3.05) is 5.73 Å². The molecule has 0 saturated carbocycles. The number of pyridine rings is 1. The maximum atomic E-state index is 13.3. The molecule has 0 saturated heterocycles. The lowest BCUT2D eigenvalue weighted by molar-refractivity contribution is 0.531. The maximum Gasteiger partial charge on any atom is 0.315 e. The fourth-order valence-corrected chi connectivity index (χ4v) is 1.49. The minimum atomic E-state index is -0.726. The molecule has 0 atom stereocenters. The van der Waals surface area contributed by atoms with Crippen molar-refractivity contribution in [1.82, 2.24) is 24.6 Å². The molecule has 0 aliphatic carbocycles. The van der Waals surface area contributed by atoms with E-state index in [-0.39, 0.29) is 11.6 Å². The Hall–Kier alpha value is -2.31. The molecule has 0 aliphatic rings. The molecule has 0 spiro atoms. The second-order valence-electron chi connectivity index (χ2n) is 2.99. The molecule has 15 heavy (non-hydrogen) atoms. The summed E-state index contributed by atoms with van der Waals surface area (Å²) < 4.78 is 14.5. The van der Waals surface area contributed by atoms with Gasteiger partial charge in [0.25, 0.3) is 5.78 Å². The third-order valence-corrected chi connectivity index (χ3v) is 2.14. The monoisotopic (exact) mass is 204 g/mol. The van der Waals surface area contributed by atoms with E-state index < -0.39 is 6.08 Å². The number of hydrogen-bond acceptors (Lipinski definition) is 5. The molecular formula is C8H5FN6. The molecule has 2 N–H and O–H groups in total. The Morgan fingerprint density at radius 3 is 3.07 bits per heavy atom. The number of anilines is 1. The highest BCUT2D eigenvalue weighted by atomic mass is 19.1. The predicted octanol–water partition coefficient (Wildman–Crippen LogP) is 0.394. The Labute approximate surface area is 82.6 Å². The fourth-order valence-electron chi connectivity index (χ4n) is 1.49. The molecule has 0 aromatic carbocycles. The first-order valence-electron chi connectivity index (χ1n) is 4.17. The van der Waals surface area contributed by atoms with Crippen LogP contribution in [0, 0.1) is 6.08 Å². The van der Waals surface area contributed by atoms with Crippen LogP contribution in [0.25, 0.3) is 16.7 Å². The largest absolute Gasteiger partial charge is 0.383 e. The summed E-state index contributed by atoms with van der Waals surface area (Å²) >= 11 is 0. The summed E-state index contributed by atoms with van der Waals surface area (Å²) in [4.78, 5) is 7.82. The van der Waals surface area contributed by atoms with Gasteiger partial charge in [-0.3, -0.25) is 4.98 Å². The van der Waals surface area contributed by atoms with Crippen LogP contribution in [0.5, 0.6) is 0 Å². The number of nitrogens with zero attached hydrogens (tertiary/aromatic N) is 5. The topological polar surface area (TPSA) is 82.0 Å². The molecule has 0 fully saturated rings. The van der Waals surface area contributed by atoms with E-state index in [0.717, 1.165) is 0 Å². The first-order chi connectivity index (χ1) is 7.27. The third kappa shape index (κ3) is 0.967. The van der Waals surface area contributed by atoms with Crippen molar-refractivity contribution in [3.63, 3.8) is 0 Å². The van der Waals surface area contributed by atoms with Gasteiger partial charge in [0.15, 0.2) is 0 Å². The average molecular weight is 204 g/mol. The summed E-state index contributed by atoms with van der Waals surface area (Å²) in [5.41, 5.74) is 6.19. The standard InChI is InChI=1S/C8H5FN6/c9-7-13-14-8-12-6(10)4-1-2-11-3-5(4)15(7)8/h1-3H,(H2,10,12,14). The van der Waals surface area contributed by atoms with E-state index in [4.69, 9.17) is 5.73 Å². The van der Waals surface area contributed by atoms with Crippen LogP contribution >= 0.6 is 0 Å². The second-order valence-corrected chi connectivity index (χ2v) is 2.99. The smallest absolute Gasteiger partial charge is 0.315 e. The number of halogens is 1. The van der Waals surface area contributed by atoms with Gasteiger partial charge in [-0.25, -0.2) is 4.40 Å². The van der Waals surface area contributed by atoms with Crippen molar-refractivity contribution >= 4 is 22.5 Å². The Morgan fingerprint density at radius 2 is 2.20 bits per heavy atom. The van der Waals surface area contributed by atoms with Gasteiger partial charge in [-0.1, -0.05) is 5.10 Å². The normalized spacial score (nSPS) is 11.3. The van der Waals surface area contributed by atoms with Gasteiger partial charge in [-0.2, -0.15) is 9.37 Å². The predicted molar refractivity (Wildman–Crippen MR) is 50.5 cm³/mol. The van der Waals surface area contributed by atoms with Crippen LogP contribution in [0.4, 0.5) is 10.2 Å². The van der Waals surface area contributed by atoms with Crippen molar-refractivity contribution in [1.29, 1.82) is 0 Å². The Kier molecular flexibility index (Phi) is 1.39. The van der Waals surface area contributed by atoms with Gasteiger partial charge in [-0.05, 0) is 6.07 Å². The van der Waals surface area contributed by atoms with E-state index in [9.17, 15) is 4.39 Å². The molecule has 3 aromatic rings. The van der Waals surface area contributed by atoms with Crippen LogP contribution in [0.2, 0.25) is 0 Å². The Morgan fingerprint density at radius 1 is 1.33 bits per heavy atom. The lowest BCUT2D eigenvalue weighted by Crippen LogP contribution is -2.00. The maximum absolute atomic E-state index is 13.3. The van der Waals surface area contributed by atoms with Crippen molar-refractivity contribution in [3.8, 4) is 0 Å². The van der Waals surface area contributed by atoms with E-state index in [1.165, 1.54) is 10.6 Å². The lowest BCUT2D eigenvalue weighted by Gasteiger charge is -2.02. The Balaban J connectivity index is 2.67. The number of hydrogen-bond donors (Lipinski definition) is 1. The highest BCUT2D eigenvalue weighted by molar-refractivity contribution is 5.89. The van der Waals surface area contributed by atoms with Crippen LogP contribution in [0.15, 0.2) is 18.5 Å². The van der Waals surface area contributed by atoms with Crippen LogP contribution in [0.1, 0.15) is 0 Å². The molecule has 74 valence electrons. The third-order valence-electron chi connectivity index (χ3n) is 2.14.